The summed E-state index contributed by atoms with van der Waals surface area (Å²) >= 11 is 0. The quantitative estimate of drug-likeness (QED) is 0.344. The molecule has 0 bridgehead atoms. The molecule has 1 atom stereocenters. The molecule has 0 radical (unpaired) electrons. The molecule has 5 rings (SSSR count). The summed E-state index contributed by atoms with van der Waals surface area (Å²) in [5, 5.41) is 13.2. The molecule has 1 saturated heterocycles. The standard InChI is InChI=1S/C29H32N4O/c1-21-8-4-5-18-33(21)19-7-17-30-29(34)24-15-13-23(14-16-24)27-20-28(32-31-27)26-12-6-10-22-9-2-3-11-25(22)26/h2-3,6,9-16,20-21H,4-5,7-8,17-19H2,1H3,(H,30,34)(H,31,32)/t21-/m1/s1. The molecule has 1 aliphatic rings. The first-order valence-electron chi connectivity index (χ1n) is 12.4. The number of piperidine rings is 1. The van der Waals surface area contributed by atoms with E-state index in [0.29, 0.717) is 18.2 Å². The highest BCUT2D eigenvalue weighted by atomic mass is 16.1. The van der Waals surface area contributed by atoms with Crippen LogP contribution in [0, 0.1) is 0 Å². The van der Waals surface area contributed by atoms with Gasteiger partial charge in [-0.2, -0.15) is 5.10 Å². The zero-order chi connectivity index (χ0) is 23.3. The van der Waals surface area contributed by atoms with Crippen LogP contribution in [-0.4, -0.2) is 46.7 Å². The number of aromatic nitrogens is 2. The second-order valence-corrected chi connectivity index (χ2v) is 9.26. The molecule has 2 heterocycles. The topological polar surface area (TPSA) is 61.0 Å². The number of rotatable bonds is 7. The van der Waals surface area contributed by atoms with Gasteiger partial charge in [-0.15, -0.1) is 0 Å². The summed E-state index contributed by atoms with van der Waals surface area (Å²) in [6.07, 6.45) is 4.91. The van der Waals surface area contributed by atoms with Crippen LogP contribution in [0.5, 0.6) is 0 Å². The normalized spacial score (nSPS) is 16.6. The Kier molecular flexibility index (Phi) is 6.72. The van der Waals surface area contributed by atoms with E-state index in [9.17, 15) is 4.79 Å². The molecule has 1 aromatic heterocycles. The minimum atomic E-state index is -0.0169. The van der Waals surface area contributed by atoms with Crippen LogP contribution in [0.4, 0.5) is 0 Å². The SMILES string of the molecule is C[C@@H]1CCCCN1CCCNC(=O)c1ccc(-c2cc(-c3cccc4ccccc34)[nH]n2)cc1. The zero-order valence-electron chi connectivity index (χ0n) is 19.8. The summed E-state index contributed by atoms with van der Waals surface area (Å²) in [5.74, 6) is -0.0169. The lowest BCUT2D eigenvalue weighted by Crippen LogP contribution is -2.39. The molecular weight excluding hydrogens is 420 g/mol. The second-order valence-electron chi connectivity index (χ2n) is 9.26. The van der Waals surface area contributed by atoms with Crippen LogP contribution in [0.2, 0.25) is 0 Å². The van der Waals surface area contributed by atoms with E-state index in [0.717, 1.165) is 35.5 Å². The number of nitrogens with zero attached hydrogens (tertiary/aromatic N) is 2. The van der Waals surface area contributed by atoms with Crippen molar-refractivity contribution in [3.05, 3.63) is 78.4 Å². The van der Waals surface area contributed by atoms with E-state index < -0.39 is 0 Å². The van der Waals surface area contributed by atoms with Gasteiger partial charge in [-0.25, -0.2) is 0 Å². The van der Waals surface area contributed by atoms with Crippen molar-refractivity contribution >= 4 is 16.7 Å². The van der Waals surface area contributed by atoms with Crippen molar-refractivity contribution in [2.75, 3.05) is 19.6 Å². The van der Waals surface area contributed by atoms with Gasteiger partial charge in [0, 0.05) is 35.8 Å². The van der Waals surface area contributed by atoms with Crippen LogP contribution in [0.1, 0.15) is 43.0 Å². The molecule has 2 N–H and O–H groups in total. The first kappa shape index (κ1) is 22.4. The van der Waals surface area contributed by atoms with Gasteiger partial charge in [-0.1, -0.05) is 61.0 Å². The van der Waals surface area contributed by atoms with E-state index >= 15 is 0 Å². The highest BCUT2D eigenvalue weighted by Gasteiger charge is 2.17. The number of H-pyrrole nitrogens is 1. The Balaban J connectivity index is 1.20. The van der Waals surface area contributed by atoms with Gasteiger partial charge in [0.2, 0.25) is 0 Å². The molecule has 4 aromatic rings. The Labute approximate surface area is 201 Å². The smallest absolute Gasteiger partial charge is 0.251 e. The Hall–Kier alpha value is -3.44. The third-order valence-corrected chi connectivity index (χ3v) is 6.95. The summed E-state index contributed by atoms with van der Waals surface area (Å²) < 4.78 is 0. The highest BCUT2D eigenvalue weighted by molar-refractivity contribution is 5.96. The summed E-state index contributed by atoms with van der Waals surface area (Å²) in [4.78, 5) is 15.1. The van der Waals surface area contributed by atoms with Gasteiger partial charge < -0.3 is 10.2 Å². The average Bonchev–Trinajstić information content (AvgIpc) is 3.37. The van der Waals surface area contributed by atoms with Crippen molar-refractivity contribution < 1.29 is 4.79 Å². The molecule has 1 fully saturated rings. The second kappa shape index (κ2) is 10.2. The number of hydrogen-bond donors (Lipinski definition) is 2. The van der Waals surface area contributed by atoms with Crippen molar-refractivity contribution in [3.8, 4) is 22.5 Å². The fourth-order valence-electron chi connectivity index (χ4n) is 4.94. The number of hydrogen-bond acceptors (Lipinski definition) is 3. The lowest BCUT2D eigenvalue weighted by atomic mass is 10.0. The van der Waals surface area contributed by atoms with E-state index in [1.807, 2.05) is 24.3 Å². The molecule has 1 amide bonds. The lowest BCUT2D eigenvalue weighted by Gasteiger charge is -2.33. The van der Waals surface area contributed by atoms with Crippen LogP contribution >= 0.6 is 0 Å². The molecule has 1 aliphatic heterocycles. The van der Waals surface area contributed by atoms with Crippen LogP contribution in [0.3, 0.4) is 0 Å². The molecule has 0 saturated carbocycles. The van der Waals surface area contributed by atoms with E-state index in [-0.39, 0.29) is 5.91 Å². The van der Waals surface area contributed by atoms with Gasteiger partial charge in [-0.3, -0.25) is 9.89 Å². The zero-order valence-corrected chi connectivity index (χ0v) is 19.8. The number of likely N-dealkylation sites (tertiary alicyclic amines) is 1. The highest BCUT2D eigenvalue weighted by Crippen LogP contribution is 2.30. The van der Waals surface area contributed by atoms with Gasteiger partial charge in [-0.05, 0) is 61.7 Å². The Morgan fingerprint density at radius 3 is 2.74 bits per heavy atom. The number of nitrogens with one attached hydrogen (secondary N) is 2. The molecule has 0 unspecified atom stereocenters. The number of benzene rings is 3. The van der Waals surface area contributed by atoms with Crippen molar-refractivity contribution in [1.29, 1.82) is 0 Å². The number of aromatic amines is 1. The monoisotopic (exact) mass is 452 g/mol. The van der Waals surface area contributed by atoms with Gasteiger partial charge >= 0.3 is 0 Å². The Bertz CT molecular complexity index is 1260. The van der Waals surface area contributed by atoms with E-state index in [4.69, 9.17) is 0 Å². The third-order valence-electron chi connectivity index (χ3n) is 6.95. The Morgan fingerprint density at radius 2 is 1.88 bits per heavy atom. The predicted octanol–water partition coefficient (Wildman–Crippen LogP) is 5.89. The first-order valence-corrected chi connectivity index (χ1v) is 12.4. The summed E-state index contributed by atoms with van der Waals surface area (Å²) in [7, 11) is 0. The number of carbonyl (C=O) groups excluding carboxylic acids is 1. The average molecular weight is 453 g/mol. The maximum atomic E-state index is 12.6. The van der Waals surface area contributed by atoms with Crippen molar-refractivity contribution in [3.63, 3.8) is 0 Å². The summed E-state index contributed by atoms with van der Waals surface area (Å²) in [6, 6.07) is 25.1. The van der Waals surface area contributed by atoms with Gasteiger partial charge in [0.15, 0.2) is 0 Å². The maximum Gasteiger partial charge on any atom is 0.251 e. The molecular formula is C29H32N4O. The van der Waals surface area contributed by atoms with Crippen LogP contribution in [0.25, 0.3) is 33.3 Å². The maximum absolute atomic E-state index is 12.6. The molecule has 5 heteroatoms. The van der Waals surface area contributed by atoms with E-state index in [1.165, 1.54) is 36.6 Å². The molecule has 3 aromatic carbocycles. The fourth-order valence-corrected chi connectivity index (χ4v) is 4.94. The first-order chi connectivity index (χ1) is 16.7. The van der Waals surface area contributed by atoms with Gasteiger partial charge in [0.05, 0.1) is 11.4 Å². The molecule has 34 heavy (non-hydrogen) atoms. The van der Waals surface area contributed by atoms with Crippen molar-refractivity contribution in [1.82, 2.24) is 20.4 Å². The molecule has 0 aliphatic carbocycles. The van der Waals surface area contributed by atoms with Gasteiger partial charge in [0.1, 0.15) is 0 Å². The minimum absolute atomic E-state index is 0.0169. The van der Waals surface area contributed by atoms with E-state index in [1.54, 1.807) is 0 Å². The summed E-state index contributed by atoms with van der Waals surface area (Å²) in [5.41, 5.74) is 4.65. The minimum Gasteiger partial charge on any atom is -0.352 e. The number of amides is 1. The third kappa shape index (κ3) is 4.90. The van der Waals surface area contributed by atoms with Crippen LogP contribution < -0.4 is 5.32 Å². The molecule has 174 valence electrons. The molecule has 5 nitrogen and oxygen atoms in total. The van der Waals surface area contributed by atoms with Gasteiger partial charge in [0.25, 0.3) is 5.91 Å². The van der Waals surface area contributed by atoms with Crippen LogP contribution in [0.15, 0.2) is 72.8 Å². The number of carbonyl (C=O) groups is 1. The predicted molar refractivity (Wildman–Crippen MR) is 139 cm³/mol. The van der Waals surface area contributed by atoms with Crippen LogP contribution in [-0.2, 0) is 0 Å². The van der Waals surface area contributed by atoms with Crippen molar-refractivity contribution in [2.45, 2.75) is 38.6 Å². The van der Waals surface area contributed by atoms with E-state index in [2.05, 4.69) is 75.9 Å². The number of fused-ring (bicyclic) bond motifs is 1. The lowest BCUT2D eigenvalue weighted by molar-refractivity contribution is 0.0949. The Morgan fingerprint density at radius 1 is 1.06 bits per heavy atom. The molecule has 0 spiro atoms. The largest absolute Gasteiger partial charge is 0.352 e. The van der Waals surface area contributed by atoms with Crippen molar-refractivity contribution in [2.24, 2.45) is 0 Å². The fraction of sp³-hybridized carbons (Fsp3) is 0.310. The summed E-state index contributed by atoms with van der Waals surface area (Å²) in [6.45, 7) is 5.26.